The van der Waals surface area contributed by atoms with Gasteiger partial charge in [0.1, 0.15) is 0 Å². The first-order valence-electron chi connectivity index (χ1n) is 8.46. The highest BCUT2D eigenvalue weighted by Gasteiger charge is 1.92. The lowest BCUT2D eigenvalue weighted by atomic mass is 10.1. The molecule has 0 amide bonds. The number of nitrogens with two attached hydrogens (primary N) is 1. The van der Waals surface area contributed by atoms with Crippen LogP contribution >= 0.6 is 17.0 Å². The van der Waals surface area contributed by atoms with Crippen molar-refractivity contribution >= 4 is 17.0 Å². The van der Waals surface area contributed by atoms with E-state index in [0.29, 0.717) is 0 Å². The Balaban J connectivity index is -0.000000508. The van der Waals surface area contributed by atoms with Crippen molar-refractivity contribution in [2.45, 2.75) is 84.0 Å². The third kappa shape index (κ3) is 36.2. The maximum Gasteiger partial charge on any atom is -0.00773 e. The van der Waals surface area contributed by atoms with Crippen molar-refractivity contribution in [2.75, 3.05) is 27.7 Å². The average molecular weight is 353 g/mol. The second-order valence-electron chi connectivity index (χ2n) is 6.02. The molecule has 0 fully saturated rings. The molecule has 0 radical (unpaired) electrons. The van der Waals surface area contributed by atoms with Gasteiger partial charge in [-0.15, -0.1) is 17.0 Å². The summed E-state index contributed by atoms with van der Waals surface area (Å²) in [4.78, 5) is 2.00. The molecule has 126 valence electrons. The van der Waals surface area contributed by atoms with Gasteiger partial charge in [0.15, 0.2) is 0 Å². The fourth-order valence-electron chi connectivity index (χ4n) is 1.99. The minimum Gasteiger partial charge on any atom is -0.330 e. The van der Waals surface area contributed by atoms with Gasteiger partial charge in [0.05, 0.1) is 0 Å². The zero-order valence-electron chi connectivity index (χ0n) is 14.6. The minimum atomic E-state index is 0. The molecule has 0 aromatic rings. The van der Waals surface area contributed by atoms with Crippen LogP contribution < -0.4 is 5.73 Å². The van der Waals surface area contributed by atoms with E-state index in [2.05, 4.69) is 6.92 Å². The molecule has 2 N–H and O–H groups in total. The summed E-state index contributed by atoms with van der Waals surface area (Å²) in [6.45, 7) is 3.15. The van der Waals surface area contributed by atoms with E-state index in [-0.39, 0.29) is 17.0 Å². The molecule has 0 aliphatic heterocycles. The lowest BCUT2D eigenvalue weighted by molar-refractivity contribution is 0.505. The third-order valence-corrected chi connectivity index (χ3v) is 3.06. The van der Waals surface area contributed by atoms with Gasteiger partial charge in [0, 0.05) is 0 Å². The summed E-state index contributed by atoms with van der Waals surface area (Å²) in [6, 6.07) is 0. The summed E-state index contributed by atoms with van der Waals surface area (Å²) < 4.78 is 0. The molecule has 0 aromatic heterocycles. The highest BCUT2D eigenvalue weighted by Crippen LogP contribution is 2.11. The van der Waals surface area contributed by atoms with E-state index < -0.39 is 0 Å². The number of nitrogens with zero attached hydrogens (tertiary/aromatic N) is 1. The lowest BCUT2D eigenvalue weighted by Gasteiger charge is -2.01. The predicted molar refractivity (Wildman–Crippen MR) is 100 cm³/mol. The van der Waals surface area contributed by atoms with E-state index >= 15 is 0 Å². The summed E-state index contributed by atoms with van der Waals surface area (Å²) in [5.41, 5.74) is 5.45. The maximum absolute atomic E-state index is 5.45. The smallest absolute Gasteiger partial charge is 0.00773 e. The van der Waals surface area contributed by atoms with Crippen molar-refractivity contribution in [3.63, 3.8) is 0 Å². The van der Waals surface area contributed by atoms with Crippen molar-refractivity contribution < 1.29 is 0 Å². The summed E-state index contributed by atoms with van der Waals surface area (Å²) in [6.07, 6.45) is 16.9. The molecular weight excluding hydrogens is 312 g/mol. The van der Waals surface area contributed by atoms with E-state index in [0.717, 1.165) is 6.54 Å². The van der Waals surface area contributed by atoms with Crippen LogP contribution in [0.2, 0.25) is 0 Å². The summed E-state index contributed by atoms with van der Waals surface area (Å²) >= 11 is 0. The molecule has 0 unspecified atom stereocenters. The highest BCUT2D eigenvalue weighted by molar-refractivity contribution is 8.93. The van der Waals surface area contributed by atoms with Gasteiger partial charge in [-0.1, -0.05) is 77.6 Å². The minimum absolute atomic E-state index is 0. The number of rotatable bonds is 12. The van der Waals surface area contributed by atoms with Gasteiger partial charge in [-0.2, -0.15) is 0 Å². The topological polar surface area (TPSA) is 29.3 Å². The Kier molecular flexibility index (Phi) is 31.0. The summed E-state index contributed by atoms with van der Waals surface area (Å²) in [5, 5.41) is 0. The molecule has 0 saturated heterocycles. The molecule has 0 spiro atoms. The predicted octanol–water partition coefficient (Wildman–Crippen LogP) is 5.40. The van der Waals surface area contributed by atoms with Gasteiger partial charge in [-0.3, -0.25) is 0 Å². The van der Waals surface area contributed by atoms with Crippen LogP contribution in [0.1, 0.15) is 84.0 Å². The van der Waals surface area contributed by atoms with Crippen molar-refractivity contribution in [1.29, 1.82) is 0 Å². The Morgan fingerprint density at radius 3 is 1.10 bits per heavy atom. The fourth-order valence-corrected chi connectivity index (χ4v) is 1.99. The molecule has 0 atom stereocenters. The summed E-state index contributed by atoms with van der Waals surface area (Å²) in [7, 11) is 6.00. The van der Waals surface area contributed by atoms with Crippen molar-refractivity contribution in [3.05, 3.63) is 0 Å². The van der Waals surface area contributed by atoms with Gasteiger partial charge < -0.3 is 10.6 Å². The number of unbranched alkanes of at least 4 members (excludes halogenated alkanes) is 11. The van der Waals surface area contributed by atoms with Gasteiger partial charge in [0.2, 0.25) is 0 Å². The quantitative estimate of drug-likeness (QED) is 0.476. The molecular formula is C17H41BrN2. The fraction of sp³-hybridized carbons (Fsp3) is 1.00. The van der Waals surface area contributed by atoms with Crippen LogP contribution in [-0.4, -0.2) is 32.6 Å². The van der Waals surface area contributed by atoms with Crippen molar-refractivity contribution in [3.8, 4) is 0 Å². The first-order valence-corrected chi connectivity index (χ1v) is 8.46. The van der Waals surface area contributed by atoms with Gasteiger partial charge in [0.25, 0.3) is 0 Å². The maximum atomic E-state index is 5.45. The largest absolute Gasteiger partial charge is 0.330 e. The zero-order valence-corrected chi connectivity index (χ0v) is 16.3. The van der Waals surface area contributed by atoms with Crippen molar-refractivity contribution in [2.24, 2.45) is 5.73 Å². The molecule has 2 nitrogen and oxygen atoms in total. The van der Waals surface area contributed by atoms with E-state index in [1.165, 1.54) is 77.0 Å². The van der Waals surface area contributed by atoms with Crippen LogP contribution in [0.3, 0.4) is 0 Å². The SMILES string of the molecule is Br.CCCCCCCCCCCCCCN.CN(C)C. The second kappa shape index (κ2) is 24.4. The normalized spacial score (nSPS) is 9.90. The van der Waals surface area contributed by atoms with Crippen LogP contribution in [-0.2, 0) is 0 Å². The zero-order chi connectivity index (χ0) is 14.8. The second-order valence-corrected chi connectivity index (χ2v) is 6.02. The van der Waals surface area contributed by atoms with Crippen LogP contribution in [0.15, 0.2) is 0 Å². The van der Waals surface area contributed by atoms with Gasteiger partial charge in [-0.05, 0) is 34.1 Å². The molecule has 0 heterocycles. The Bertz CT molecular complexity index is 126. The van der Waals surface area contributed by atoms with E-state index in [4.69, 9.17) is 5.73 Å². The number of hydrogen-bond acceptors (Lipinski definition) is 2. The lowest BCUT2D eigenvalue weighted by Crippen LogP contribution is -1.99. The molecule has 0 bridgehead atoms. The Labute approximate surface area is 139 Å². The number of halogens is 1. The Hall–Kier alpha value is 0.400. The molecule has 20 heavy (non-hydrogen) atoms. The van der Waals surface area contributed by atoms with Crippen LogP contribution in [0.4, 0.5) is 0 Å². The van der Waals surface area contributed by atoms with E-state index in [9.17, 15) is 0 Å². The molecule has 0 aromatic carbocycles. The monoisotopic (exact) mass is 352 g/mol. The molecule has 0 aliphatic carbocycles. The standard InChI is InChI=1S/C14H31N.C3H9N.BrH/c1-2-3-4-5-6-7-8-9-10-11-12-13-14-15;1-4(2)3;/h2-15H2,1H3;1-3H3;1H. The number of hydrogen-bond donors (Lipinski definition) is 1. The van der Waals surface area contributed by atoms with Gasteiger partial charge >= 0.3 is 0 Å². The third-order valence-electron chi connectivity index (χ3n) is 3.06. The van der Waals surface area contributed by atoms with Crippen LogP contribution in [0.25, 0.3) is 0 Å². The first kappa shape index (κ1) is 25.4. The molecule has 3 heteroatoms. The molecule has 0 rings (SSSR count). The van der Waals surface area contributed by atoms with E-state index in [1.807, 2.05) is 26.0 Å². The Morgan fingerprint density at radius 1 is 0.600 bits per heavy atom. The van der Waals surface area contributed by atoms with Gasteiger partial charge in [-0.25, -0.2) is 0 Å². The van der Waals surface area contributed by atoms with Crippen LogP contribution in [0.5, 0.6) is 0 Å². The summed E-state index contributed by atoms with van der Waals surface area (Å²) in [5.74, 6) is 0. The van der Waals surface area contributed by atoms with Crippen molar-refractivity contribution in [1.82, 2.24) is 4.90 Å². The first-order chi connectivity index (χ1) is 9.15. The average Bonchev–Trinajstić information content (AvgIpc) is 2.35. The van der Waals surface area contributed by atoms with Crippen LogP contribution in [0, 0.1) is 0 Å². The van der Waals surface area contributed by atoms with E-state index in [1.54, 1.807) is 0 Å². The molecule has 0 saturated carbocycles. The molecule has 0 aliphatic rings. The Morgan fingerprint density at radius 2 is 0.850 bits per heavy atom. The highest BCUT2D eigenvalue weighted by atomic mass is 79.9.